The van der Waals surface area contributed by atoms with Crippen molar-refractivity contribution >= 4 is 56.9 Å². The minimum atomic E-state index is -4.62. The summed E-state index contributed by atoms with van der Waals surface area (Å²) in [5, 5.41) is 7.21. The number of halogens is 3. The van der Waals surface area contributed by atoms with Gasteiger partial charge in [0, 0.05) is 57.6 Å². The summed E-state index contributed by atoms with van der Waals surface area (Å²) in [7, 11) is 3.51. The molecular weight excluding hydrogens is 569 g/mol. The van der Waals surface area contributed by atoms with Gasteiger partial charge in [-0.15, -0.1) is 0 Å². The fraction of sp³-hybridized carbons (Fsp3) is 0.286. The van der Waals surface area contributed by atoms with E-state index in [1.165, 1.54) is 30.5 Å². The third kappa shape index (κ3) is 7.44. The van der Waals surface area contributed by atoms with E-state index in [0.717, 1.165) is 30.7 Å². The molecule has 1 aliphatic rings. The van der Waals surface area contributed by atoms with Gasteiger partial charge < -0.3 is 21.3 Å². The van der Waals surface area contributed by atoms with Gasteiger partial charge >= 0.3 is 6.18 Å². The van der Waals surface area contributed by atoms with Gasteiger partial charge in [-0.1, -0.05) is 17.4 Å². The molecule has 0 bridgehead atoms. The van der Waals surface area contributed by atoms with Gasteiger partial charge in [0.05, 0.1) is 27.5 Å². The van der Waals surface area contributed by atoms with E-state index < -0.39 is 17.6 Å². The number of hydrazine groups is 1. The van der Waals surface area contributed by atoms with E-state index in [4.69, 9.17) is 5.73 Å². The summed E-state index contributed by atoms with van der Waals surface area (Å²) in [5.41, 5.74) is 10.4. The van der Waals surface area contributed by atoms with E-state index in [-0.39, 0.29) is 22.8 Å². The smallest absolute Gasteiger partial charge is 0.396 e. The van der Waals surface area contributed by atoms with E-state index in [2.05, 4.69) is 26.0 Å². The van der Waals surface area contributed by atoms with Crippen molar-refractivity contribution in [3.05, 3.63) is 70.4 Å². The van der Waals surface area contributed by atoms with E-state index in [1.807, 2.05) is 18.9 Å². The molecule has 1 fully saturated rings. The highest BCUT2D eigenvalue weighted by molar-refractivity contribution is 7.16. The van der Waals surface area contributed by atoms with Gasteiger partial charge in [-0.2, -0.15) is 13.2 Å². The average molecular weight is 601 g/mol. The van der Waals surface area contributed by atoms with Crippen molar-refractivity contribution in [2.24, 2.45) is 10.7 Å². The lowest BCUT2D eigenvalue weighted by Crippen LogP contribution is -2.31. The molecule has 222 valence electrons. The Labute approximate surface area is 245 Å². The van der Waals surface area contributed by atoms with Crippen molar-refractivity contribution in [3.8, 4) is 0 Å². The predicted molar refractivity (Wildman–Crippen MR) is 160 cm³/mol. The summed E-state index contributed by atoms with van der Waals surface area (Å²) in [5.74, 6) is -0.154. The monoisotopic (exact) mass is 600 g/mol. The summed E-state index contributed by atoms with van der Waals surface area (Å²) in [6.07, 6.45) is 0.0643. The minimum Gasteiger partial charge on any atom is -0.396 e. The van der Waals surface area contributed by atoms with E-state index in [9.17, 15) is 22.8 Å². The minimum absolute atomic E-state index is 0.0215. The lowest BCUT2D eigenvalue weighted by atomic mass is 10.1. The summed E-state index contributed by atoms with van der Waals surface area (Å²) >= 11 is 1.20. The van der Waals surface area contributed by atoms with Crippen molar-refractivity contribution in [1.29, 1.82) is 0 Å². The Balaban J connectivity index is 1.60. The number of carbonyl (C=O) groups is 2. The number of rotatable bonds is 8. The van der Waals surface area contributed by atoms with Crippen molar-refractivity contribution in [3.63, 3.8) is 0 Å². The third-order valence-corrected chi connectivity index (χ3v) is 7.37. The maximum Gasteiger partial charge on any atom is 0.416 e. The van der Waals surface area contributed by atoms with E-state index in [1.54, 1.807) is 36.5 Å². The molecule has 3 aromatic rings. The molecule has 10 nitrogen and oxygen atoms in total. The fourth-order valence-electron chi connectivity index (χ4n) is 4.28. The number of anilines is 3. The number of alkyl halides is 3. The van der Waals surface area contributed by atoms with Crippen molar-refractivity contribution < 1.29 is 22.8 Å². The van der Waals surface area contributed by atoms with Crippen LogP contribution in [0, 0.1) is 6.92 Å². The Morgan fingerprint density at radius 2 is 1.95 bits per heavy atom. The number of thiazole rings is 1. The summed E-state index contributed by atoms with van der Waals surface area (Å²) in [6, 6.07) is 8.20. The molecule has 14 heteroatoms. The largest absolute Gasteiger partial charge is 0.416 e. The molecule has 2 amide bonds. The van der Waals surface area contributed by atoms with Crippen LogP contribution in [0.2, 0.25) is 0 Å². The highest BCUT2D eigenvalue weighted by atomic mass is 32.1. The second kappa shape index (κ2) is 12.6. The standard InChI is InChI=1S/C28H31F3N8O2S/c1-16-7-8-18(10-23(16)39(33-3)15-22(32)24-14-34-27(42-24)35-17(2)40)26(41)37-21-12-19(28(29,30)31)11-20(13-21)36-25-6-5-9-38(25)4/h7-8,10-15,33H,5-6,9,32H2,1-4H3,(H,37,41)(H,34,35,40)/b22-15-,36-25?. The zero-order chi connectivity index (χ0) is 30.6. The second-order valence-corrected chi connectivity index (χ2v) is 10.7. The molecule has 1 aromatic heterocycles. The molecule has 0 atom stereocenters. The van der Waals surface area contributed by atoms with Gasteiger partial charge in [0.15, 0.2) is 5.13 Å². The molecule has 2 heterocycles. The molecule has 0 spiro atoms. The average Bonchev–Trinajstić information content (AvgIpc) is 3.55. The normalized spacial score (nSPS) is 14.8. The van der Waals surface area contributed by atoms with Crippen LogP contribution < -0.4 is 26.8 Å². The van der Waals surface area contributed by atoms with Crippen LogP contribution in [0.4, 0.5) is 35.4 Å². The Bertz CT molecular complexity index is 1550. The van der Waals surface area contributed by atoms with Crippen molar-refractivity contribution in [1.82, 2.24) is 15.3 Å². The highest BCUT2D eigenvalue weighted by Crippen LogP contribution is 2.35. The van der Waals surface area contributed by atoms with Gasteiger partial charge in [0.25, 0.3) is 5.91 Å². The van der Waals surface area contributed by atoms with Crippen LogP contribution in [0.3, 0.4) is 0 Å². The topological polar surface area (TPSA) is 128 Å². The number of hydrogen-bond donors (Lipinski definition) is 4. The number of benzene rings is 2. The summed E-state index contributed by atoms with van der Waals surface area (Å²) < 4.78 is 41.1. The number of carbonyl (C=O) groups excluding carboxylic acids is 2. The zero-order valence-electron chi connectivity index (χ0n) is 23.5. The maximum atomic E-state index is 13.7. The second-order valence-electron chi connectivity index (χ2n) is 9.66. The first-order valence-corrected chi connectivity index (χ1v) is 13.8. The van der Waals surface area contributed by atoms with Crippen LogP contribution in [0.5, 0.6) is 0 Å². The number of aliphatic imine (C=N–C) groups is 1. The zero-order valence-corrected chi connectivity index (χ0v) is 24.3. The van der Waals surface area contributed by atoms with Gasteiger partial charge in [-0.05, 0) is 49.2 Å². The molecule has 0 unspecified atom stereocenters. The number of amidine groups is 1. The quantitative estimate of drug-likeness (QED) is 0.257. The fourth-order valence-corrected chi connectivity index (χ4v) is 5.07. The number of nitrogens with one attached hydrogen (secondary N) is 3. The number of likely N-dealkylation sites (tertiary alicyclic amines) is 1. The van der Waals surface area contributed by atoms with Gasteiger partial charge in [0.2, 0.25) is 5.91 Å². The Morgan fingerprint density at radius 1 is 1.19 bits per heavy atom. The van der Waals surface area contributed by atoms with Crippen LogP contribution in [0.1, 0.15) is 46.1 Å². The number of amides is 2. The number of aryl methyl sites for hydroxylation is 1. The molecule has 0 radical (unpaired) electrons. The van der Waals surface area contributed by atoms with Crippen LogP contribution in [-0.2, 0) is 11.0 Å². The number of hydrogen-bond acceptors (Lipinski definition) is 8. The van der Waals surface area contributed by atoms with Gasteiger partial charge in [-0.25, -0.2) is 15.4 Å². The lowest BCUT2D eigenvalue weighted by molar-refractivity contribution is -0.137. The van der Waals surface area contributed by atoms with Gasteiger partial charge in [-0.3, -0.25) is 14.6 Å². The van der Waals surface area contributed by atoms with Crippen molar-refractivity contribution in [2.75, 3.05) is 36.3 Å². The molecule has 0 saturated carbocycles. The van der Waals surface area contributed by atoms with Crippen LogP contribution >= 0.6 is 11.3 Å². The number of aromatic nitrogens is 1. The first-order valence-electron chi connectivity index (χ1n) is 12.9. The lowest BCUT2D eigenvalue weighted by Gasteiger charge is -2.22. The van der Waals surface area contributed by atoms with Crippen molar-refractivity contribution in [2.45, 2.75) is 32.9 Å². The SMILES string of the molecule is CNN(/C=C(\N)c1cnc(NC(C)=O)s1)c1cc(C(=O)Nc2cc(N=C3CCCN3C)cc(C(F)(F)F)c2)ccc1C. The number of nitrogens with two attached hydrogens (primary N) is 1. The summed E-state index contributed by atoms with van der Waals surface area (Å²) in [4.78, 5) is 35.6. The Kier molecular flexibility index (Phi) is 9.17. The van der Waals surface area contributed by atoms with Crippen LogP contribution in [0.25, 0.3) is 5.70 Å². The Morgan fingerprint density at radius 3 is 2.60 bits per heavy atom. The Hall–Kier alpha value is -4.43. The van der Waals surface area contributed by atoms with Gasteiger partial charge in [0.1, 0.15) is 5.84 Å². The molecule has 1 aliphatic heterocycles. The van der Waals surface area contributed by atoms with Crippen LogP contribution in [-0.4, -0.2) is 48.2 Å². The molecule has 5 N–H and O–H groups in total. The molecule has 2 aromatic carbocycles. The number of nitrogens with zero attached hydrogens (tertiary/aromatic N) is 4. The maximum absolute atomic E-state index is 13.7. The van der Waals surface area contributed by atoms with E-state index in [0.29, 0.717) is 33.6 Å². The summed E-state index contributed by atoms with van der Waals surface area (Å²) in [6.45, 7) is 4.00. The molecular formula is C28H31F3N8O2S. The predicted octanol–water partition coefficient (Wildman–Crippen LogP) is 5.33. The molecule has 0 aliphatic carbocycles. The van der Waals surface area contributed by atoms with Crippen LogP contribution in [0.15, 0.2) is 53.8 Å². The third-order valence-electron chi connectivity index (χ3n) is 6.41. The first kappa shape index (κ1) is 30.5. The highest BCUT2D eigenvalue weighted by Gasteiger charge is 2.31. The molecule has 4 rings (SSSR count). The first-order chi connectivity index (χ1) is 19.8. The molecule has 42 heavy (non-hydrogen) atoms. The van der Waals surface area contributed by atoms with E-state index >= 15 is 0 Å². The molecule has 1 saturated heterocycles.